The molecule has 1 atom stereocenters. The molecule has 4 aliphatic heterocycles. The Morgan fingerprint density at radius 2 is 1.75 bits per heavy atom. The molecule has 3 fully saturated rings. The number of alkyl halides is 2. The number of hydrogen-bond acceptors (Lipinski definition) is 14. The predicted octanol–water partition coefficient (Wildman–Crippen LogP) is 3.41. The van der Waals surface area contributed by atoms with Gasteiger partial charge in [-0.2, -0.15) is 13.8 Å². The summed E-state index contributed by atoms with van der Waals surface area (Å²) >= 11 is 0. The Morgan fingerprint density at radius 3 is 2.49 bits per heavy atom. The van der Waals surface area contributed by atoms with Crippen LogP contribution in [0.2, 0.25) is 0 Å². The molecule has 67 heavy (non-hydrogen) atoms. The first kappa shape index (κ1) is 46.9. The minimum Gasteiger partial charge on any atom is -0.495 e. The van der Waals surface area contributed by atoms with Gasteiger partial charge in [0.2, 0.25) is 17.8 Å². The Labute approximate surface area is 383 Å². The first-order valence-corrected chi connectivity index (χ1v) is 22.2. The van der Waals surface area contributed by atoms with Crippen molar-refractivity contribution in [1.29, 1.82) is 0 Å². The number of aromatic nitrogens is 2. The lowest BCUT2D eigenvalue weighted by Crippen LogP contribution is -2.54. The smallest absolute Gasteiger partial charge is 0.342 e. The maximum Gasteiger partial charge on any atom is 0.342 e. The average molecular weight is 930 g/mol. The highest BCUT2D eigenvalue weighted by Crippen LogP contribution is 2.40. The Hall–Kier alpha value is -6.63. The third kappa shape index (κ3) is 10.1. The molecular formula is C46H50F3N9O9. The van der Waals surface area contributed by atoms with Crippen molar-refractivity contribution in [2.75, 3.05) is 81.9 Å². The minimum absolute atomic E-state index is 0.0264. The van der Waals surface area contributed by atoms with Crippen LogP contribution in [0, 0.1) is 17.7 Å². The van der Waals surface area contributed by atoms with Gasteiger partial charge in [-0.25, -0.2) is 9.37 Å². The molecule has 354 valence electrons. The second kappa shape index (κ2) is 20.1. The number of fused-ring (bicyclic) bond motifs is 2. The number of methoxy groups -OCH3 is 1. The molecule has 6 amide bonds. The van der Waals surface area contributed by atoms with Crippen molar-refractivity contribution in [1.82, 2.24) is 30.4 Å². The Morgan fingerprint density at radius 1 is 0.985 bits per heavy atom. The summed E-state index contributed by atoms with van der Waals surface area (Å²) in [6.45, 7) is 2.24. The summed E-state index contributed by atoms with van der Waals surface area (Å²) in [4.78, 5) is 90.4. The van der Waals surface area contributed by atoms with E-state index in [1.165, 1.54) is 37.4 Å². The van der Waals surface area contributed by atoms with Crippen LogP contribution in [0.4, 0.5) is 36.3 Å². The number of ether oxygens (including phenoxy) is 3. The molecule has 0 spiro atoms. The third-order valence-corrected chi connectivity index (χ3v) is 12.6. The molecule has 8 rings (SSSR count). The average Bonchev–Trinajstić information content (AvgIpc) is 3.92. The zero-order valence-electron chi connectivity index (χ0n) is 37.0. The number of amides is 6. The van der Waals surface area contributed by atoms with Crippen LogP contribution >= 0.6 is 0 Å². The second-order valence-corrected chi connectivity index (χ2v) is 16.9. The molecule has 5 aliphatic rings. The van der Waals surface area contributed by atoms with E-state index in [9.17, 15) is 28.8 Å². The summed E-state index contributed by atoms with van der Waals surface area (Å²) in [5, 5.41) is 8.01. The number of anilines is 4. The zero-order valence-corrected chi connectivity index (χ0v) is 37.0. The number of carbonyl (C=O) groups excluding carboxylic acids is 6. The van der Waals surface area contributed by atoms with E-state index in [1.54, 1.807) is 12.1 Å². The number of halogens is 3. The number of imide groups is 2. The van der Waals surface area contributed by atoms with E-state index in [-0.39, 0.29) is 83.7 Å². The second-order valence-electron chi connectivity index (χ2n) is 16.9. The summed E-state index contributed by atoms with van der Waals surface area (Å²) in [6, 6.07) is 5.59. The zero-order chi connectivity index (χ0) is 47.4. The molecule has 21 heteroatoms. The van der Waals surface area contributed by atoms with Gasteiger partial charge in [-0.15, -0.1) is 0 Å². The SMILES string of the molecule is COc1cc(C(=O)NC2CCN(CCOCCOCC#Cc3cccc4c3C(=O)N(C3CCC(=O)NC3=O)C4=O)CC2)c(F)cc1Nc1ncc2c(n1)N(C1CCCC1)CC(F)(F)C(=O)N2C. The van der Waals surface area contributed by atoms with Crippen LogP contribution in [0.1, 0.15) is 88.0 Å². The van der Waals surface area contributed by atoms with Crippen molar-refractivity contribution >= 4 is 58.6 Å². The maximum absolute atomic E-state index is 15.6. The van der Waals surface area contributed by atoms with E-state index in [2.05, 4.69) is 42.7 Å². The first-order valence-electron chi connectivity index (χ1n) is 22.2. The molecule has 1 aromatic heterocycles. The van der Waals surface area contributed by atoms with Crippen molar-refractivity contribution in [3.63, 3.8) is 0 Å². The fourth-order valence-electron chi connectivity index (χ4n) is 9.07. The van der Waals surface area contributed by atoms with Gasteiger partial charge in [-0.1, -0.05) is 30.7 Å². The lowest BCUT2D eigenvalue weighted by molar-refractivity contribution is -0.140. The van der Waals surface area contributed by atoms with Gasteiger partial charge in [0, 0.05) is 56.8 Å². The quantitative estimate of drug-likeness (QED) is 0.121. The first-order chi connectivity index (χ1) is 32.2. The number of likely N-dealkylation sites (tertiary alicyclic amines) is 1. The lowest BCUT2D eigenvalue weighted by Gasteiger charge is -2.32. The molecule has 3 N–H and O–H groups in total. The summed E-state index contributed by atoms with van der Waals surface area (Å²) in [7, 11) is 2.62. The molecule has 2 saturated heterocycles. The van der Waals surface area contributed by atoms with Gasteiger partial charge in [-0.05, 0) is 50.3 Å². The lowest BCUT2D eigenvalue weighted by atomic mass is 10.0. The predicted molar refractivity (Wildman–Crippen MR) is 235 cm³/mol. The van der Waals surface area contributed by atoms with E-state index in [4.69, 9.17) is 14.2 Å². The van der Waals surface area contributed by atoms with Gasteiger partial charge in [0.25, 0.3) is 23.6 Å². The van der Waals surface area contributed by atoms with Gasteiger partial charge in [0.1, 0.15) is 29.9 Å². The van der Waals surface area contributed by atoms with Crippen LogP contribution in [0.3, 0.4) is 0 Å². The van der Waals surface area contributed by atoms with E-state index < -0.39 is 59.8 Å². The van der Waals surface area contributed by atoms with Gasteiger partial charge in [0.05, 0.1) is 62.0 Å². The number of hydrogen-bond donors (Lipinski definition) is 3. The Kier molecular flexibility index (Phi) is 14.1. The molecular weight excluding hydrogens is 880 g/mol. The number of carbonyl (C=O) groups is 6. The molecule has 0 bridgehead atoms. The van der Waals surface area contributed by atoms with Crippen LogP contribution in [0.25, 0.3) is 0 Å². The normalized spacial score (nSPS) is 20.0. The Balaban J connectivity index is 0.765. The van der Waals surface area contributed by atoms with Crippen LogP contribution in [-0.2, 0) is 23.9 Å². The number of benzene rings is 2. The van der Waals surface area contributed by atoms with Crippen molar-refractivity contribution < 1.29 is 56.1 Å². The van der Waals surface area contributed by atoms with Crippen LogP contribution in [0.5, 0.6) is 5.75 Å². The van der Waals surface area contributed by atoms with E-state index in [1.807, 2.05) is 0 Å². The van der Waals surface area contributed by atoms with Crippen LogP contribution in [-0.4, -0.2) is 146 Å². The molecule has 18 nitrogen and oxygen atoms in total. The van der Waals surface area contributed by atoms with Crippen molar-refractivity contribution in [3.8, 4) is 17.6 Å². The number of rotatable bonds is 14. The maximum atomic E-state index is 15.6. The van der Waals surface area contributed by atoms with E-state index in [0.717, 1.165) is 28.7 Å². The highest BCUT2D eigenvalue weighted by molar-refractivity contribution is 6.24. The van der Waals surface area contributed by atoms with E-state index in [0.29, 0.717) is 64.1 Å². The fourth-order valence-corrected chi connectivity index (χ4v) is 9.07. The fraction of sp³-hybridized carbons (Fsp3) is 0.478. The number of nitrogens with zero attached hydrogens (tertiary/aromatic N) is 6. The topological polar surface area (TPSA) is 205 Å². The summed E-state index contributed by atoms with van der Waals surface area (Å²) in [5.41, 5.74) is 0.613. The number of nitrogens with one attached hydrogen (secondary N) is 3. The molecule has 1 aliphatic carbocycles. The monoisotopic (exact) mass is 929 g/mol. The molecule has 1 saturated carbocycles. The van der Waals surface area contributed by atoms with Crippen LogP contribution < -0.4 is 30.5 Å². The van der Waals surface area contributed by atoms with Gasteiger partial charge >= 0.3 is 5.92 Å². The molecule has 1 unspecified atom stereocenters. The summed E-state index contributed by atoms with van der Waals surface area (Å²) < 4.78 is 62.5. The highest BCUT2D eigenvalue weighted by Gasteiger charge is 2.49. The Bertz CT molecular complexity index is 2520. The van der Waals surface area contributed by atoms with Crippen molar-refractivity contribution in [3.05, 3.63) is 64.6 Å². The molecule has 2 aromatic carbocycles. The standard InChI is InChI=1S/C46H50F3N9O9/c1-55-35-25-50-45(54-39(35)57(29-9-3-4-10-29)26-46(48,49)44(55)64)52-33-24-32(47)31(23-36(33)65-2)40(60)51-28-14-16-56(17-15-28)18-20-67-22-21-66-19-6-8-27-7-5-11-30-38(27)43(63)58(42(30)62)34-12-13-37(59)53-41(34)61/h5,7,11,23-25,28-29,34H,3-4,9-10,12-22,26H2,1-2H3,(H,51,60)(H,50,52,54)(H,53,59,61). The van der Waals surface area contributed by atoms with E-state index >= 15 is 13.2 Å². The van der Waals surface area contributed by atoms with Gasteiger partial charge in [-0.3, -0.25) is 39.0 Å². The summed E-state index contributed by atoms with van der Waals surface area (Å²) in [6.07, 6.45) is 5.70. The summed E-state index contributed by atoms with van der Waals surface area (Å²) in [5.74, 6) is -2.80. The number of piperidine rings is 2. The third-order valence-electron chi connectivity index (χ3n) is 12.6. The molecule has 3 aromatic rings. The van der Waals surface area contributed by atoms with Gasteiger partial charge < -0.3 is 39.5 Å². The largest absolute Gasteiger partial charge is 0.495 e. The van der Waals surface area contributed by atoms with Gasteiger partial charge in [0.15, 0.2) is 5.82 Å². The van der Waals surface area contributed by atoms with Crippen molar-refractivity contribution in [2.24, 2.45) is 0 Å². The van der Waals surface area contributed by atoms with Crippen molar-refractivity contribution in [2.45, 2.75) is 75.4 Å². The minimum atomic E-state index is -3.64. The van der Waals surface area contributed by atoms with Crippen LogP contribution in [0.15, 0.2) is 36.5 Å². The molecule has 0 radical (unpaired) electrons. The highest BCUT2D eigenvalue weighted by atomic mass is 19.3. The molecule has 5 heterocycles.